The summed E-state index contributed by atoms with van der Waals surface area (Å²) in [5.74, 6) is 1.05. The SMILES string of the molecule is COc1ccc(CN/N=C/c2cc(C)n(-c3cccc(C(=O)OC(C)C)c3)c2C)cc1OC. The van der Waals surface area contributed by atoms with Gasteiger partial charge in [0.2, 0.25) is 0 Å². The summed E-state index contributed by atoms with van der Waals surface area (Å²) in [6.45, 7) is 8.29. The minimum Gasteiger partial charge on any atom is -0.493 e. The number of aromatic nitrogens is 1. The molecule has 1 aromatic heterocycles. The van der Waals surface area contributed by atoms with E-state index in [9.17, 15) is 4.79 Å². The Bertz CT molecular complexity index is 1150. The number of hydrogen-bond donors (Lipinski definition) is 1. The molecule has 1 heterocycles. The van der Waals surface area contributed by atoms with Crippen molar-refractivity contribution in [3.8, 4) is 17.2 Å². The van der Waals surface area contributed by atoms with Gasteiger partial charge in [0.1, 0.15) is 0 Å². The summed E-state index contributed by atoms with van der Waals surface area (Å²) in [4.78, 5) is 12.3. The summed E-state index contributed by atoms with van der Waals surface area (Å²) in [5.41, 5.74) is 8.60. The fourth-order valence-electron chi connectivity index (χ4n) is 3.61. The van der Waals surface area contributed by atoms with Crippen LogP contribution in [-0.4, -0.2) is 37.1 Å². The standard InChI is InChI=1S/C26H31N3O4/c1-17(2)33-26(30)21-8-7-9-23(14-21)29-18(3)12-22(19(29)4)16-28-27-15-20-10-11-24(31-5)25(13-20)32-6/h7-14,16-17,27H,15H2,1-6H3/b28-16+. The first kappa shape index (κ1) is 23.9. The second-order valence-corrected chi connectivity index (χ2v) is 7.95. The highest BCUT2D eigenvalue weighted by atomic mass is 16.5. The first-order valence-electron chi connectivity index (χ1n) is 10.8. The second-order valence-electron chi connectivity index (χ2n) is 7.95. The molecule has 0 bridgehead atoms. The molecular formula is C26H31N3O4. The van der Waals surface area contributed by atoms with Gasteiger partial charge in [-0.05, 0) is 69.7 Å². The fraction of sp³-hybridized carbons (Fsp3) is 0.308. The molecule has 0 aliphatic heterocycles. The molecule has 0 saturated carbocycles. The number of aryl methyl sites for hydroxylation is 1. The van der Waals surface area contributed by atoms with Gasteiger partial charge in [-0.15, -0.1) is 0 Å². The Morgan fingerprint density at radius 1 is 1.06 bits per heavy atom. The van der Waals surface area contributed by atoms with E-state index in [0.717, 1.165) is 28.2 Å². The van der Waals surface area contributed by atoms with Crippen molar-refractivity contribution in [3.05, 3.63) is 76.6 Å². The maximum Gasteiger partial charge on any atom is 0.338 e. The van der Waals surface area contributed by atoms with Crippen molar-refractivity contribution in [2.75, 3.05) is 14.2 Å². The van der Waals surface area contributed by atoms with Crippen LogP contribution in [0.3, 0.4) is 0 Å². The molecule has 0 unspecified atom stereocenters. The summed E-state index contributed by atoms with van der Waals surface area (Å²) < 4.78 is 18.0. The second kappa shape index (κ2) is 10.7. The van der Waals surface area contributed by atoms with Crippen LogP contribution < -0.4 is 14.9 Å². The first-order valence-corrected chi connectivity index (χ1v) is 10.8. The van der Waals surface area contributed by atoms with Gasteiger partial charge < -0.3 is 24.2 Å². The van der Waals surface area contributed by atoms with E-state index >= 15 is 0 Å². The smallest absolute Gasteiger partial charge is 0.338 e. The molecule has 0 radical (unpaired) electrons. The maximum absolute atomic E-state index is 12.3. The van der Waals surface area contributed by atoms with Crippen LogP contribution in [0.1, 0.15) is 46.7 Å². The number of rotatable bonds is 9. The van der Waals surface area contributed by atoms with Crippen LogP contribution in [0.4, 0.5) is 0 Å². The lowest BCUT2D eigenvalue weighted by Gasteiger charge is -2.12. The number of esters is 1. The molecule has 7 nitrogen and oxygen atoms in total. The lowest BCUT2D eigenvalue weighted by atomic mass is 10.2. The third-order valence-electron chi connectivity index (χ3n) is 5.18. The van der Waals surface area contributed by atoms with E-state index in [0.29, 0.717) is 23.6 Å². The van der Waals surface area contributed by atoms with E-state index in [2.05, 4.69) is 21.2 Å². The van der Waals surface area contributed by atoms with Crippen molar-refractivity contribution in [2.24, 2.45) is 5.10 Å². The highest BCUT2D eigenvalue weighted by Gasteiger charge is 2.13. The van der Waals surface area contributed by atoms with Gasteiger partial charge in [-0.25, -0.2) is 4.79 Å². The molecule has 1 N–H and O–H groups in total. The molecule has 0 amide bonds. The third kappa shape index (κ3) is 5.74. The molecule has 0 spiro atoms. The van der Waals surface area contributed by atoms with Gasteiger partial charge in [0.25, 0.3) is 0 Å². The van der Waals surface area contributed by atoms with Crippen LogP contribution in [0.25, 0.3) is 5.69 Å². The van der Waals surface area contributed by atoms with Gasteiger partial charge >= 0.3 is 5.97 Å². The number of methoxy groups -OCH3 is 2. The zero-order valence-electron chi connectivity index (χ0n) is 20.0. The molecule has 174 valence electrons. The molecule has 3 rings (SSSR count). The van der Waals surface area contributed by atoms with Gasteiger partial charge in [-0.1, -0.05) is 12.1 Å². The number of hydrogen-bond acceptors (Lipinski definition) is 6. The fourth-order valence-corrected chi connectivity index (χ4v) is 3.61. The Kier molecular flexibility index (Phi) is 7.77. The van der Waals surface area contributed by atoms with E-state index < -0.39 is 0 Å². The lowest BCUT2D eigenvalue weighted by Crippen LogP contribution is -2.12. The summed E-state index contributed by atoms with van der Waals surface area (Å²) in [6.07, 6.45) is 1.64. The summed E-state index contributed by atoms with van der Waals surface area (Å²) in [6, 6.07) is 15.3. The summed E-state index contributed by atoms with van der Waals surface area (Å²) in [5, 5.41) is 4.39. The predicted molar refractivity (Wildman–Crippen MR) is 130 cm³/mol. The van der Waals surface area contributed by atoms with Gasteiger partial charge in [-0.2, -0.15) is 5.10 Å². The topological polar surface area (TPSA) is 74.1 Å². The van der Waals surface area contributed by atoms with Crippen molar-refractivity contribution in [1.29, 1.82) is 0 Å². The van der Waals surface area contributed by atoms with Crippen molar-refractivity contribution in [1.82, 2.24) is 9.99 Å². The lowest BCUT2D eigenvalue weighted by molar-refractivity contribution is 0.0378. The molecular weight excluding hydrogens is 418 g/mol. The van der Waals surface area contributed by atoms with E-state index in [1.165, 1.54) is 0 Å². The minimum absolute atomic E-state index is 0.162. The monoisotopic (exact) mass is 449 g/mol. The van der Waals surface area contributed by atoms with Gasteiger partial charge in [0.05, 0.1) is 38.6 Å². The highest BCUT2D eigenvalue weighted by Crippen LogP contribution is 2.27. The number of hydrazone groups is 1. The molecule has 3 aromatic rings. The average Bonchev–Trinajstić information content (AvgIpc) is 3.08. The number of nitrogens with zero attached hydrogens (tertiary/aromatic N) is 2. The Morgan fingerprint density at radius 3 is 2.52 bits per heavy atom. The molecule has 0 atom stereocenters. The van der Waals surface area contributed by atoms with E-state index in [4.69, 9.17) is 14.2 Å². The van der Waals surface area contributed by atoms with Gasteiger partial charge in [-0.3, -0.25) is 0 Å². The zero-order chi connectivity index (χ0) is 24.0. The van der Waals surface area contributed by atoms with Crippen molar-refractivity contribution in [3.63, 3.8) is 0 Å². The highest BCUT2D eigenvalue weighted by molar-refractivity contribution is 5.90. The molecule has 0 saturated heterocycles. The zero-order valence-corrected chi connectivity index (χ0v) is 20.0. The normalized spacial score (nSPS) is 11.1. The van der Waals surface area contributed by atoms with Crippen LogP contribution in [0.5, 0.6) is 11.5 Å². The Hall–Kier alpha value is -3.74. The Balaban J connectivity index is 1.73. The Morgan fingerprint density at radius 2 is 1.82 bits per heavy atom. The van der Waals surface area contributed by atoms with Crippen LogP contribution >= 0.6 is 0 Å². The van der Waals surface area contributed by atoms with Crippen molar-refractivity contribution >= 4 is 12.2 Å². The molecule has 0 fully saturated rings. The molecule has 33 heavy (non-hydrogen) atoms. The van der Waals surface area contributed by atoms with Gasteiger partial charge in [0, 0.05) is 22.6 Å². The number of ether oxygens (including phenoxy) is 3. The minimum atomic E-state index is -0.324. The quantitative estimate of drug-likeness (QED) is 0.289. The molecule has 2 aromatic carbocycles. The number of carbonyl (C=O) groups excluding carboxylic acids is 1. The predicted octanol–water partition coefficient (Wildman–Crippen LogP) is 4.80. The van der Waals surface area contributed by atoms with Crippen LogP contribution in [0.2, 0.25) is 0 Å². The van der Waals surface area contributed by atoms with E-state index in [1.807, 2.05) is 64.1 Å². The molecule has 0 aliphatic rings. The number of carbonyl (C=O) groups is 1. The molecule has 7 heteroatoms. The summed E-state index contributed by atoms with van der Waals surface area (Å²) in [7, 11) is 3.23. The van der Waals surface area contributed by atoms with E-state index in [1.54, 1.807) is 26.5 Å². The number of benzene rings is 2. The largest absolute Gasteiger partial charge is 0.493 e. The van der Waals surface area contributed by atoms with Crippen molar-refractivity contribution < 1.29 is 19.0 Å². The third-order valence-corrected chi connectivity index (χ3v) is 5.18. The van der Waals surface area contributed by atoms with E-state index in [-0.39, 0.29) is 12.1 Å². The van der Waals surface area contributed by atoms with Gasteiger partial charge in [0.15, 0.2) is 11.5 Å². The first-order chi connectivity index (χ1) is 15.8. The van der Waals surface area contributed by atoms with Crippen LogP contribution in [0.15, 0.2) is 53.6 Å². The maximum atomic E-state index is 12.3. The average molecular weight is 450 g/mol. The van der Waals surface area contributed by atoms with Crippen LogP contribution in [-0.2, 0) is 11.3 Å². The van der Waals surface area contributed by atoms with Crippen molar-refractivity contribution in [2.45, 2.75) is 40.3 Å². The Labute approximate surface area is 195 Å². The number of nitrogens with one attached hydrogen (secondary N) is 1. The summed E-state index contributed by atoms with van der Waals surface area (Å²) >= 11 is 0. The molecule has 0 aliphatic carbocycles. The van der Waals surface area contributed by atoms with Crippen LogP contribution in [0, 0.1) is 13.8 Å².